The van der Waals surface area contributed by atoms with Gasteiger partial charge in [0.2, 0.25) is 5.91 Å². The van der Waals surface area contributed by atoms with E-state index in [0.29, 0.717) is 55.9 Å². The lowest BCUT2D eigenvalue weighted by Crippen LogP contribution is -2.46. The van der Waals surface area contributed by atoms with Gasteiger partial charge in [-0.05, 0) is 45.1 Å². The monoisotopic (exact) mass is 362 g/mol. The summed E-state index contributed by atoms with van der Waals surface area (Å²) in [5.41, 5.74) is 7.10. The third kappa shape index (κ3) is 3.67. The second-order valence-corrected chi connectivity index (χ2v) is 7.06. The lowest BCUT2D eigenvalue weighted by atomic mass is 9.79. The normalized spacial score (nSPS) is 16.9. The molecule has 142 valence electrons. The van der Waals surface area contributed by atoms with Crippen LogP contribution in [0.15, 0.2) is 27.4 Å². The number of aromatic nitrogens is 1. The molecule has 1 aliphatic heterocycles. The molecule has 0 radical (unpaired) electrons. The van der Waals surface area contributed by atoms with Gasteiger partial charge in [0, 0.05) is 38.5 Å². The first-order chi connectivity index (χ1) is 12.4. The second-order valence-electron chi connectivity index (χ2n) is 7.06. The number of nitrogens with one attached hydrogen (secondary N) is 1. The molecule has 1 amide bonds. The summed E-state index contributed by atoms with van der Waals surface area (Å²) in [5.74, 6) is -0.499. The minimum Gasteiger partial charge on any atom is -0.408 e. The Hall–Kier alpha value is -2.16. The number of anilines is 1. The lowest BCUT2D eigenvalue weighted by molar-refractivity contribution is -0.130. The average molecular weight is 362 g/mol. The van der Waals surface area contributed by atoms with Gasteiger partial charge in [0.05, 0.1) is 10.9 Å². The van der Waals surface area contributed by atoms with Crippen molar-refractivity contribution in [1.29, 1.82) is 0 Å². The van der Waals surface area contributed by atoms with Crippen LogP contribution in [-0.2, 0) is 16.1 Å². The van der Waals surface area contributed by atoms with Crippen LogP contribution in [0, 0.1) is 5.41 Å². The third-order valence-electron chi connectivity index (χ3n) is 5.02. The molecule has 8 heteroatoms. The first-order valence-corrected chi connectivity index (χ1v) is 8.82. The van der Waals surface area contributed by atoms with Crippen LogP contribution in [0.1, 0.15) is 12.8 Å². The Kier molecular flexibility index (Phi) is 5.45. The number of carbonyl (C=O) groups excluding carboxylic acids is 1. The number of nitrogens with two attached hydrogens (primary N) is 1. The van der Waals surface area contributed by atoms with E-state index in [9.17, 15) is 9.59 Å². The smallest absolute Gasteiger partial charge is 0.408 e. The Morgan fingerprint density at radius 2 is 2.08 bits per heavy atom. The van der Waals surface area contributed by atoms with Gasteiger partial charge in [-0.3, -0.25) is 9.36 Å². The van der Waals surface area contributed by atoms with Crippen molar-refractivity contribution < 1.29 is 13.9 Å². The number of oxazole rings is 1. The molecular formula is C18H26N4O4. The Morgan fingerprint density at radius 3 is 2.73 bits per heavy atom. The number of ether oxygens (including phenoxy) is 1. The quantitative estimate of drug-likeness (QED) is 0.790. The maximum Gasteiger partial charge on any atom is 0.419 e. The number of hydrogen-bond donors (Lipinski definition) is 2. The summed E-state index contributed by atoms with van der Waals surface area (Å²) < 4.78 is 12.2. The fourth-order valence-corrected chi connectivity index (χ4v) is 3.20. The van der Waals surface area contributed by atoms with Crippen LogP contribution >= 0.6 is 0 Å². The molecule has 0 unspecified atom stereocenters. The van der Waals surface area contributed by atoms with Crippen molar-refractivity contribution in [3.63, 3.8) is 0 Å². The first-order valence-electron chi connectivity index (χ1n) is 8.82. The maximum atomic E-state index is 12.8. The van der Waals surface area contributed by atoms with Crippen molar-refractivity contribution >= 4 is 22.7 Å². The molecule has 8 nitrogen and oxygen atoms in total. The van der Waals surface area contributed by atoms with Crippen molar-refractivity contribution in [2.45, 2.75) is 19.4 Å². The maximum absolute atomic E-state index is 12.8. The molecule has 0 saturated carbocycles. The van der Waals surface area contributed by atoms with Gasteiger partial charge >= 0.3 is 5.76 Å². The molecule has 3 rings (SSSR count). The molecule has 0 bridgehead atoms. The largest absolute Gasteiger partial charge is 0.419 e. The number of rotatable bonds is 6. The second kappa shape index (κ2) is 7.61. The van der Waals surface area contributed by atoms with E-state index < -0.39 is 11.2 Å². The Labute approximate surface area is 151 Å². The van der Waals surface area contributed by atoms with Gasteiger partial charge in [0.15, 0.2) is 5.58 Å². The lowest BCUT2D eigenvalue weighted by Gasteiger charge is -2.34. The number of fused-ring (bicyclic) bond motifs is 1. The van der Waals surface area contributed by atoms with Crippen molar-refractivity contribution in [3.05, 3.63) is 28.7 Å². The Morgan fingerprint density at radius 1 is 1.35 bits per heavy atom. The van der Waals surface area contributed by atoms with Crippen LogP contribution in [0.3, 0.4) is 0 Å². The zero-order valence-corrected chi connectivity index (χ0v) is 15.3. The van der Waals surface area contributed by atoms with E-state index in [-0.39, 0.29) is 12.5 Å². The van der Waals surface area contributed by atoms with Gasteiger partial charge in [-0.1, -0.05) is 0 Å². The summed E-state index contributed by atoms with van der Waals surface area (Å²) in [6.45, 7) is 2.58. The summed E-state index contributed by atoms with van der Waals surface area (Å²) in [7, 11) is 3.89. The topological polar surface area (TPSA) is 103 Å². The van der Waals surface area contributed by atoms with Gasteiger partial charge < -0.3 is 25.1 Å². The SMILES string of the molecule is CN(C)CCn1c(=O)oc2ccc(NC(=O)C3(CN)CCOCC3)cc21. The van der Waals surface area contributed by atoms with Crippen LogP contribution in [0.4, 0.5) is 5.69 Å². The molecule has 0 aliphatic carbocycles. The highest BCUT2D eigenvalue weighted by atomic mass is 16.5. The van der Waals surface area contributed by atoms with Gasteiger partial charge in [0.1, 0.15) is 0 Å². The summed E-state index contributed by atoms with van der Waals surface area (Å²) in [6, 6.07) is 5.22. The molecule has 1 saturated heterocycles. The van der Waals surface area contributed by atoms with E-state index in [1.165, 1.54) is 0 Å². The summed E-state index contributed by atoms with van der Waals surface area (Å²) in [5, 5.41) is 2.95. The molecular weight excluding hydrogens is 336 g/mol. The van der Waals surface area contributed by atoms with E-state index in [1.807, 2.05) is 19.0 Å². The Bertz CT molecular complexity index is 833. The zero-order valence-electron chi connectivity index (χ0n) is 15.3. The molecule has 0 atom stereocenters. The van der Waals surface area contributed by atoms with Crippen molar-refractivity contribution in [2.24, 2.45) is 11.1 Å². The van der Waals surface area contributed by atoms with Crippen LogP contribution in [0.5, 0.6) is 0 Å². The molecule has 2 heterocycles. The fraction of sp³-hybridized carbons (Fsp3) is 0.556. The standard InChI is InChI=1S/C18H26N4O4/c1-21(2)7-8-22-14-11-13(3-4-15(14)26-17(22)24)20-16(23)18(12-19)5-9-25-10-6-18/h3-4,11H,5-10,12,19H2,1-2H3,(H,20,23). The average Bonchev–Trinajstić information content (AvgIpc) is 2.95. The molecule has 26 heavy (non-hydrogen) atoms. The number of hydrogen-bond acceptors (Lipinski definition) is 6. The van der Waals surface area contributed by atoms with E-state index in [1.54, 1.807) is 22.8 Å². The molecule has 2 aromatic rings. The summed E-state index contributed by atoms with van der Waals surface area (Å²) >= 11 is 0. The molecule has 3 N–H and O–H groups in total. The van der Waals surface area contributed by atoms with Crippen LogP contribution in [-0.4, -0.2) is 55.8 Å². The molecule has 1 aromatic heterocycles. The summed E-state index contributed by atoms with van der Waals surface area (Å²) in [4.78, 5) is 26.9. The number of likely N-dealkylation sites (N-methyl/N-ethyl adjacent to an activating group) is 1. The van der Waals surface area contributed by atoms with Gasteiger partial charge in [-0.15, -0.1) is 0 Å². The Balaban J connectivity index is 1.85. The first kappa shape index (κ1) is 18.6. The molecule has 1 aliphatic rings. The number of carbonyl (C=O) groups is 1. The van der Waals surface area contributed by atoms with E-state index in [2.05, 4.69) is 5.32 Å². The third-order valence-corrected chi connectivity index (χ3v) is 5.02. The van der Waals surface area contributed by atoms with Gasteiger partial charge in [-0.2, -0.15) is 0 Å². The highest BCUT2D eigenvalue weighted by molar-refractivity contribution is 5.97. The van der Waals surface area contributed by atoms with Crippen molar-refractivity contribution in [3.8, 4) is 0 Å². The van der Waals surface area contributed by atoms with E-state index >= 15 is 0 Å². The minimum atomic E-state index is -0.603. The highest BCUT2D eigenvalue weighted by Gasteiger charge is 2.38. The predicted molar refractivity (Wildman–Crippen MR) is 99.2 cm³/mol. The van der Waals surface area contributed by atoms with Crippen LogP contribution < -0.4 is 16.8 Å². The van der Waals surface area contributed by atoms with Crippen molar-refractivity contribution in [1.82, 2.24) is 9.47 Å². The molecule has 1 fully saturated rings. The van der Waals surface area contributed by atoms with E-state index in [0.717, 1.165) is 0 Å². The van der Waals surface area contributed by atoms with Gasteiger partial charge in [0.25, 0.3) is 0 Å². The fourth-order valence-electron chi connectivity index (χ4n) is 3.20. The number of amides is 1. The van der Waals surface area contributed by atoms with Gasteiger partial charge in [-0.25, -0.2) is 4.79 Å². The predicted octanol–water partition coefficient (Wildman–Crippen LogP) is 0.850. The minimum absolute atomic E-state index is 0.103. The van der Waals surface area contributed by atoms with E-state index in [4.69, 9.17) is 14.9 Å². The molecule has 1 aromatic carbocycles. The number of nitrogens with zero attached hydrogens (tertiary/aromatic N) is 2. The number of benzene rings is 1. The van der Waals surface area contributed by atoms with Crippen molar-refractivity contribution in [2.75, 3.05) is 45.7 Å². The van der Waals surface area contributed by atoms with Crippen LogP contribution in [0.25, 0.3) is 11.1 Å². The highest BCUT2D eigenvalue weighted by Crippen LogP contribution is 2.31. The van der Waals surface area contributed by atoms with Crippen LogP contribution in [0.2, 0.25) is 0 Å². The zero-order chi connectivity index (χ0) is 18.7. The molecule has 0 spiro atoms. The summed E-state index contributed by atoms with van der Waals surface area (Å²) in [6.07, 6.45) is 1.22.